The molecule has 0 aliphatic carbocycles. The molecule has 0 amide bonds. The Hall–Kier alpha value is -0.220. The van der Waals surface area contributed by atoms with Crippen molar-refractivity contribution < 1.29 is 8.78 Å². The molecule has 1 saturated heterocycles. The summed E-state index contributed by atoms with van der Waals surface area (Å²) in [5.74, 6) is -0.495. The second-order valence-electron chi connectivity index (χ2n) is 3.19. The van der Waals surface area contributed by atoms with Gasteiger partial charge in [0.2, 0.25) is 6.43 Å². The lowest BCUT2D eigenvalue weighted by Crippen LogP contribution is -2.37. The van der Waals surface area contributed by atoms with Crippen molar-refractivity contribution in [3.63, 3.8) is 0 Å². The van der Waals surface area contributed by atoms with E-state index in [1.54, 1.807) is 0 Å². The topological polar surface area (TPSA) is 15.3 Å². The average Bonchev–Trinajstić information content (AvgIpc) is 2.32. The first-order chi connectivity index (χ1) is 5.13. The molecule has 1 aliphatic rings. The number of likely N-dealkylation sites (N-methyl/N-ethyl adjacent to an activating group) is 1. The lowest BCUT2D eigenvalue weighted by Gasteiger charge is -2.24. The lowest BCUT2D eigenvalue weighted by atomic mass is 10.0. The minimum atomic E-state index is -2.20. The summed E-state index contributed by atoms with van der Waals surface area (Å²) in [5.41, 5.74) is 0. The second kappa shape index (κ2) is 3.45. The van der Waals surface area contributed by atoms with E-state index in [4.69, 9.17) is 0 Å². The fourth-order valence-electron chi connectivity index (χ4n) is 1.51. The van der Waals surface area contributed by atoms with Crippen LogP contribution < -0.4 is 5.32 Å². The first kappa shape index (κ1) is 8.87. The Morgan fingerprint density at radius 1 is 1.36 bits per heavy atom. The van der Waals surface area contributed by atoms with Crippen LogP contribution in [0.15, 0.2) is 0 Å². The van der Waals surface area contributed by atoms with E-state index in [1.165, 1.54) is 0 Å². The highest BCUT2D eigenvalue weighted by Crippen LogP contribution is 2.20. The number of nitrogens with one attached hydrogen (secondary N) is 1. The summed E-state index contributed by atoms with van der Waals surface area (Å²) in [7, 11) is 3.68. The summed E-state index contributed by atoms with van der Waals surface area (Å²) in [6.07, 6.45) is -2.20. The van der Waals surface area contributed by atoms with E-state index in [0.717, 1.165) is 0 Å². The van der Waals surface area contributed by atoms with Crippen LogP contribution in [0.3, 0.4) is 0 Å². The molecule has 2 atom stereocenters. The van der Waals surface area contributed by atoms with Crippen molar-refractivity contribution in [2.45, 2.75) is 12.5 Å². The van der Waals surface area contributed by atoms with Crippen LogP contribution in [-0.4, -0.2) is 44.6 Å². The summed E-state index contributed by atoms with van der Waals surface area (Å²) >= 11 is 0. The molecular weight excluding hydrogens is 150 g/mol. The highest BCUT2D eigenvalue weighted by atomic mass is 19.3. The molecule has 1 aliphatic heterocycles. The number of rotatable bonds is 2. The molecule has 11 heavy (non-hydrogen) atoms. The van der Waals surface area contributed by atoms with Crippen LogP contribution in [-0.2, 0) is 0 Å². The van der Waals surface area contributed by atoms with Crippen LogP contribution in [0.5, 0.6) is 0 Å². The van der Waals surface area contributed by atoms with Gasteiger partial charge in [-0.15, -0.1) is 0 Å². The molecule has 0 aromatic carbocycles. The number of nitrogens with zero attached hydrogens (tertiary/aromatic N) is 1. The van der Waals surface area contributed by atoms with Gasteiger partial charge < -0.3 is 10.2 Å². The third kappa shape index (κ3) is 1.87. The van der Waals surface area contributed by atoms with Crippen molar-refractivity contribution in [3.05, 3.63) is 0 Å². The standard InChI is InChI=1S/C7H14F2N2/c1-11(2)6-4-10-3-5(6)7(8)9/h5-7,10H,3-4H2,1-2H3. The highest BCUT2D eigenvalue weighted by Gasteiger charge is 2.34. The predicted molar refractivity (Wildman–Crippen MR) is 39.8 cm³/mol. The molecular formula is C7H14F2N2. The maximum absolute atomic E-state index is 12.3. The predicted octanol–water partition coefficient (Wildman–Crippen LogP) is 0.401. The van der Waals surface area contributed by atoms with Gasteiger partial charge in [0.15, 0.2) is 0 Å². The zero-order chi connectivity index (χ0) is 8.43. The van der Waals surface area contributed by atoms with Crippen LogP contribution in [0.2, 0.25) is 0 Å². The second-order valence-corrected chi connectivity index (χ2v) is 3.19. The minimum Gasteiger partial charge on any atom is -0.315 e. The first-order valence-electron chi connectivity index (χ1n) is 3.78. The number of halogens is 2. The molecule has 0 aromatic rings. The highest BCUT2D eigenvalue weighted by molar-refractivity contribution is 4.87. The molecule has 0 radical (unpaired) electrons. The van der Waals surface area contributed by atoms with Crippen LogP contribution >= 0.6 is 0 Å². The van der Waals surface area contributed by atoms with E-state index >= 15 is 0 Å². The Balaban J connectivity index is 2.51. The van der Waals surface area contributed by atoms with Gasteiger partial charge in [-0.25, -0.2) is 8.78 Å². The molecule has 0 aromatic heterocycles. The van der Waals surface area contributed by atoms with Crippen LogP contribution in [0, 0.1) is 5.92 Å². The average molecular weight is 164 g/mol. The van der Waals surface area contributed by atoms with Crippen molar-refractivity contribution in [3.8, 4) is 0 Å². The molecule has 2 unspecified atom stereocenters. The first-order valence-corrected chi connectivity index (χ1v) is 3.78. The monoisotopic (exact) mass is 164 g/mol. The van der Waals surface area contributed by atoms with Crippen LogP contribution in [0.25, 0.3) is 0 Å². The summed E-state index contributed by atoms with van der Waals surface area (Å²) in [5, 5.41) is 2.96. The van der Waals surface area contributed by atoms with E-state index in [2.05, 4.69) is 5.32 Å². The minimum absolute atomic E-state index is 0.00463. The molecule has 2 nitrogen and oxygen atoms in total. The van der Waals surface area contributed by atoms with E-state index in [0.29, 0.717) is 13.1 Å². The largest absolute Gasteiger partial charge is 0.315 e. The smallest absolute Gasteiger partial charge is 0.244 e. The fraction of sp³-hybridized carbons (Fsp3) is 1.00. The Morgan fingerprint density at radius 3 is 2.36 bits per heavy atom. The van der Waals surface area contributed by atoms with E-state index in [1.807, 2.05) is 19.0 Å². The Kier molecular flexibility index (Phi) is 2.78. The summed E-state index contributed by atoms with van der Waals surface area (Å²) < 4.78 is 24.6. The molecule has 0 saturated carbocycles. The van der Waals surface area contributed by atoms with Crippen molar-refractivity contribution in [2.75, 3.05) is 27.2 Å². The van der Waals surface area contributed by atoms with Gasteiger partial charge in [0.1, 0.15) is 0 Å². The number of hydrogen-bond donors (Lipinski definition) is 1. The molecule has 0 bridgehead atoms. The molecule has 1 N–H and O–H groups in total. The van der Waals surface area contributed by atoms with Gasteiger partial charge in [0.05, 0.1) is 0 Å². The SMILES string of the molecule is CN(C)C1CNCC1C(F)F. The van der Waals surface area contributed by atoms with Gasteiger partial charge >= 0.3 is 0 Å². The van der Waals surface area contributed by atoms with E-state index in [9.17, 15) is 8.78 Å². The van der Waals surface area contributed by atoms with Crippen LogP contribution in [0.4, 0.5) is 8.78 Å². The third-order valence-corrected chi connectivity index (χ3v) is 2.21. The lowest BCUT2D eigenvalue weighted by molar-refractivity contribution is 0.0519. The van der Waals surface area contributed by atoms with Crippen molar-refractivity contribution in [1.82, 2.24) is 10.2 Å². The fourth-order valence-corrected chi connectivity index (χ4v) is 1.51. The van der Waals surface area contributed by atoms with Crippen molar-refractivity contribution in [1.29, 1.82) is 0 Å². The molecule has 66 valence electrons. The molecule has 1 fully saturated rings. The van der Waals surface area contributed by atoms with Gasteiger partial charge in [0, 0.05) is 25.0 Å². The molecule has 0 spiro atoms. The van der Waals surface area contributed by atoms with Gasteiger partial charge in [-0.3, -0.25) is 0 Å². The van der Waals surface area contributed by atoms with Crippen molar-refractivity contribution in [2.24, 2.45) is 5.92 Å². The zero-order valence-corrected chi connectivity index (χ0v) is 6.85. The summed E-state index contributed by atoms with van der Waals surface area (Å²) in [6.45, 7) is 1.13. The normalized spacial score (nSPS) is 32.2. The number of alkyl halides is 2. The maximum Gasteiger partial charge on any atom is 0.244 e. The quantitative estimate of drug-likeness (QED) is 0.635. The maximum atomic E-state index is 12.3. The van der Waals surface area contributed by atoms with Crippen molar-refractivity contribution >= 4 is 0 Å². The van der Waals surface area contributed by atoms with E-state index < -0.39 is 12.3 Å². The Bertz CT molecular complexity index is 114. The van der Waals surface area contributed by atoms with Gasteiger partial charge in [-0.05, 0) is 14.1 Å². The Labute approximate surface area is 65.6 Å². The number of hydrogen-bond acceptors (Lipinski definition) is 2. The van der Waals surface area contributed by atoms with Crippen LogP contribution in [0.1, 0.15) is 0 Å². The summed E-state index contributed by atoms with van der Waals surface area (Å²) in [4.78, 5) is 1.86. The summed E-state index contributed by atoms with van der Waals surface area (Å²) in [6, 6.07) is -0.00463. The van der Waals surface area contributed by atoms with Gasteiger partial charge in [-0.2, -0.15) is 0 Å². The molecule has 4 heteroatoms. The van der Waals surface area contributed by atoms with E-state index in [-0.39, 0.29) is 6.04 Å². The Morgan fingerprint density at radius 2 is 2.00 bits per heavy atom. The molecule has 1 heterocycles. The third-order valence-electron chi connectivity index (χ3n) is 2.21. The zero-order valence-electron chi connectivity index (χ0n) is 6.85. The van der Waals surface area contributed by atoms with Gasteiger partial charge in [0.25, 0.3) is 0 Å². The molecule has 1 rings (SSSR count). The van der Waals surface area contributed by atoms with Gasteiger partial charge in [-0.1, -0.05) is 0 Å².